The fourth-order valence-corrected chi connectivity index (χ4v) is 3.05. The lowest BCUT2D eigenvalue weighted by atomic mass is 10.2. The van der Waals surface area contributed by atoms with Gasteiger partial charge in [0.1, 0.15) is 6.04 Å². The SMILES string of the molecule is O=C(O)C(CCO)NS(=O)(=O)c1ccc2[nH]c(=O)[nH]c2c1. The molecule has 0 saturated carbocycles. The highest BCUT2D eigenvalue weighted by Gasteiger charge is 2.25. The molecule has 0 bridgehead atoms. The number of benzene rings is 1. The van der Waals surface area contributed by atoms with Gasteiger partial charge in [-0.15, -0.1) is 0 Å². The van der Waals surface area contributed by atoms with Crippen molar-refractivity contribution < 1.29 is 23.4 Å². The normalized spacial score (nSPS) is 13.4. The van der Waals surface area contributed by atoms with E-state index in [-0.39, 0.29) is 16.8 Å². The van der Waals surface area contributed by atoms with Crippen LogP contribution in [-0.2, 0) is 14.8 Å². The number of carboxylic acid groups (broad SMARTS) is 1. The van der Waals surface area contributed by atoms with E-state index < -0.39 is 34.3 Å². The van der Waals surface area contributed by atoms with Crippen LogP contribution < -0.4 is 10.4 Å². The van der Waals surface area contributed by atoms with Crippen molar-refractivity contribution in [2.75, 3.05) is 6.61 Å². The molecular weight excluding hydrogens is 302 g/mol. The number of aromatic amines is 2. The van der Waals surface area contributed by atoms with E-state index in [1.54, 1.807) is 0 Å². The van der Waals surface area contributed by atoms with E-state index in [2.05, 4.69) is 9.97 Å². The van der Waals surface area contributed by atoms with Crippen molar-refractivity contribution in [3.8, 4) is 0 Å². The van der Waals surface area contributed by atoms with Crippen molar-refractivity contribution in [1.82, 2.24) is 14.7 Å². The average molecular weight is 315 g/mol. The van der Waals surface area contributed by atoms with Crippen molar-refractivity contribution in [3.63, 3.8) is 0 Å². The standard InChI is InChI=1S/C11H13N3O6S/c15-4-3-8(10(16)17)14-21(19,20)6-1-2-7-9(5-6)13-11(18)12-7/h1-2,5,8,14-15H,3-4H2,(H,16,17)(H2,12,13,18). The second-order valence-corrected chi connectivity index (χ2v) is 6.02. The molecule has 0 amide bonds. The van der Waals surface area contributed by atoms with E-state index in [1.165, 1.54) is 18.2 Å². The molecule has 114 valence electrons. The number of aliphatic hydroxyl groups is 1. The first kappa shape index (κ1) is 15.2. The fraction of sp³-hybridized carbons (Fsp3) is 0.273. The third kappa shape index (κ3) is 3.29. The monoisotopic (exact) mass is 315 g/mol. The summed E-state index contributed by atoms with van der Waals surface area (Å²) in [5, 5.41) is 17.7. The summed E-state index contributed by atoms with van der Waals surface area (Å²) >= 11 is 0. The lowest BCUT2D eigenvalue weighted by Crippen LogP contribution is -2.41. The number of aliphatic carboxylic acids is 1. The van der Waals surface area contributed by atoms with Crippen LogP contribution in [-0.4, -0.2) is 47.2 Å². The van der Waals surface area contributed by atoms with E-state index in [1.807, 2.05) is 4.72 Å². The number of rotatable bonds is 6. The minimum atomic E-state index is -4.09. The molecule has 0 aliphatic rings. The molecule has 0 aliphatic carbocycles. The first-order valence-corrected chi connectivity index (χ1v) is 7.40. The Hall–Kier alpha value is -2.17. The first-order valence-electron chi connectivity index (χ1n) is 5.91. The highest BCUT2D eigenvalue weighted by atomic mass is 32.2. The van der Waals surface area contributed by atoms with E-state index in [0.717, 1.165) is 0 Å². The van der Waals surface area contributed by atoms with E-state index in [9.17, 15) is 18.0 Å². The van der Waals surface area contributed by atoms with Crippen LogP contribution >= 0.6 is 0 Å². The molecule has 2 aromatic rings. The second kappa shape index (κ2) is 5.68. The maximum atomic E-state index is 12.1. The Morgan fingerprint density at radius 1 is 1.29 bits per heavy atom. The molecule has 10 heteroatoms. The molecule has 1 atom stereocenters. The molecule has 0 radical (unpaired) electrons. The van der Waals surface area contributed by atoms with Gasteiger partial charge in [0.2, 0.25) is 10.0 Å². The number of nitrogens with one attached hydrogen (secondary N) is 3. The summed E-state index contributed by atoms with van der Waals surface area (Å²) in [5.74, 6) is -1.39. The quantitative estimate of drug-likeness (QED) is 0.459. The predicted octanol–water partition coefficient (Wildman–Crippen LogP) is -1.03. The van der Waals surface area contributed by atoms with Crippen molar-refractivity contribution in [2.45, 2.75) is 17.4 Å². The Labute approximate surface area is 118 Å². The number of hydrogen-bond acceptors (Lipinski definition) is 5. The van der Waals surface area contributed by atoms with Crippen LogP contribution in [0.4, 0.5) is 0 Å². The van der Waals surface area contributed by atoms with Crippen LogP contribution in [0.3, 0.4) is 0 Å². The van der Waals surface area contributed by atoms with Crippen LogP contribution in [0.1, 0.15) is 6.42 Å². The number of aromatic nitrogens is 2. The number of carbonyl (C=O) groups is 1. The molecule has 1 aromatic carbocycles. The molecule has 0 fully saturated rings. The zero-order valence-electron chi connectivity index (χ0n) is 10.7. The van der Waals surface area contributed by atoms with Gasteiger partial charge in [-0.2, -0.15) is 4.72 Å². The van der Waals surface area contributed by atoms with Crippen molar-refractivity contribution >= 4 is 27.0 Å². The summed E-state index contributed by atoms with van der Waals surface area (Å²) in [4.78, 5) is 26.7. The lowest BCUT2D eigenvalue weighted by Gasteiger charge is -2.13. The fourth-order valence-electron chi connectivity index (χ4n) is 1.80. The molecule has 0 spiro atoms. The molecule has 9 nitrogen and oxygen atoms in total. The first-order chi connectivity index (χ1) is 9.83. The van der Waals surface area contributed by atoms with E-state index in [0.29, 0.717) is 5.52 Å². The van der Waals surface area contributed by atoms with Gasteiger partial charge in [0, 0.05) is 6.61 Å². The summed E-state index contributed by atoms with van der Waals surface area (Å²) in [7, 11) is -4.09. The third-order valence-electron chi connectivity index (χ3n) is 2.81. The summed E-state index contributed by atoms with van der Waals surface area (Å²) in [6.45, 7) is -0.469. The topological polar surface area (TPSA) is 152 Å². The summed E-state index contributed by atoms with van der Waals surface area (Å²) in [6.07, 6.45) is -0.252. The van der Waals surface area contributed by atoms with Crippen molar-refractivity contribution in [3.05, 3.63) is 28.7 Å². The maximum Gasteiger partial charge on any atom is 0.323 e. The van der Waals surface area contributed by atoms with Gasteiger partial charge < -0.3 is 20.2 Å². The van der Waals surface area contributed by atoms with Crippen LogP contribution in [0.25, 0.3) is 11.0 Å². The lowest BCUT2D eigenvalue weighted by molar-refractivity contribution is -0.139. The number of H-pyrrole nitrogens is 2. The molecule has 2 rings (SSSR count). The van der Waals surface area contributed by atoms with Crippen LogP contribution in [0.15, 0.2) is 27.9 Å². The molecule has 1 aromatic heterocycles. The zero-order chi connectivity index (χ0) is 15.6. The van der Waals surface area contributed by atoms with Gasteiger partial charge in [0.25, 0.3) is 0 Å². The smallest absolute Gasteiger partial charge is 0.323 e. The molecule has 0 aliphatic heterocycles. The van der Waals surface area contributed by atoms with Gasteiger partial charge in [-0.05, 0) is 24.6 Å². The highest BCUT2D eigenvalue weighted by Crippen LogP contribution is 2.15. The van der Waals surface area contributed by atoms with Crippen LogP contribution in [0.5, 0.6) is 0 Å². The molecular formula is C11H13N3O6S. The maximum absolute atomic E-state index is 12.1. The Morgan fingerprint density at radius 2 is 1.95 bits per heavy atom. The van der Waals surface area contributed by atoms with E-state index in [4.69, 9.17) is 10.2 Å². The largest absolute Gasteiger partial charge is 0.480 e. The van der Waals surface area contributed by atoms with Gasteiger partial charge in [-0.1, -0.05) is 0 Å². The number of carboxylic acids is 1. The average Bonchev–Trinajstić information content (AvgIpc) is 2.76. The molecule has 0 saturated heterocycles. The van der Waals surface area contributed by atoms with Crippen molar-refractivity contribution in [2.24, 2.45) is 0 Å². The van der Waals surface area contributed by atoms with Crippen molar-refractivity contribution in [1.29, 1.82) is 0 Å². The minimum absolute atomic E-state index is 0.186. The Balaban J connectivity index is 2.36. The van der Waals surface area contributed by atoms with E-state index >= 15 is 0 Å². The Bertz CT molecular complexity index is 822. The minimum Gasteiger partial charge on any atom is -0.480 e. The van der Waals surface area contributed by atoms with Gasteiger partial charge in [0.05, 0.1) is 15.9 Å². The summed E-state index contributed by atoms with van der Waals surface area (Å²) < 4.78 is 26.2. The number of imidazole rings is 1. The van der Waals surface area contributed by atoms with Gasteiger partial charge in [-0.3, -0.25) is 4.79 Å². The Morgan fingerprint density at radius 3 is 2.57 bits per heavy atom. The Kier molecular flexibility index (Phi) is 4.11. The van der Waals surface area contributed by atoms with Crippen LogP contribution in [0, 0.1) is 0 Å². The van der Waals surface area contributed by atoms with Crippen LogP contribution in [0.2, 0.25) is 0 Å². The number of aliphatic hydroxyl groups excluding tert-OH is 1. The number of sulfonamides is 1. The third-order valence-corrected chi connectivity index (χ3v) is 4.28. The van der Waals surface area contributed by atoms with Gasteiger partial charge in [-0.25, -0.2) is 13.2 Å². The highest BCUT2D eigenvalue weighted by molar-refractivity contribution is 7.89. The predicted molar refractivity (Wildman–Crippen MR) is 72.4 cm³/mol. The summed E-state index contributed by atoms with van der Waals surface area (Å²) in [6, 6.07) is 2.42. The van der Waals surface area contributed by atoms with Gasteiger partial charge >= 0.3 is 11.7 Å². The molecule has 21 heavy (non-hydrogen) atoms. The second-order valence-electron chi connectivity index (χ2n) is 4.31. The molecule has 1 unspecified atom stereocenters. The number of hydrogen-bond donors (Lipinski definition) is 5. The summed E-state index contributed by atoms with van der Waals surface area (Å²) in [5.41, 5.74) is 0.247. The molecule has 1 heterocycles. The number of fused-ring (bicyclic) bond motifs is 1. The van der Waals surface area contributed by atoms with Gasteiger partial charge in [0.15, 0.2) is 0 Å². The molecule has 5 N–H and O–H groups in total. The zero-order valence-corrected chi connectivity index (χ0v) is 11.5.